The van der Waals surface area contributed by atoms with Gasteiger partial charge in [0.05, 0.1) is 16.9 Å². The van der Waals surface area contributed by atoms with Gasteiger partial charge in [0.25, 0.3) is 5.91 Å². The Morgan fingerprint density at radius 1 is 1.08 bits per heavy atom. The number of para-hydroxylation sites is 1. The van der Waals surface area contributed by atoms with Crippen molar-refractivity contribution in [3.8, 4) is 0 Å². The number of aryl methyl sites for hydroxylation is 2. The van der Waals surface area contributed by atoms with Crippen LogP contribution in [0.2, 0.25) is 0 Å². The van der Waals surface area contributed by atoms with E-state index in [4.69, 9.17) is 12.2 Å². The van der Waals surface area contributed by atoms with Crippen molar-refractivity contribution in [2.75, 3.05) is 9.80 Å². The molecule has 1 N–H and O–H groups in total. The summed E-state index contributed by atoms with van der Waals surface area (Å²) in [4.78, 5) is 27.9. The van der Waals surface area contributed by atoms with Crippen LogP contribution in [0.15, 0.2) is 42.5 Å². The van der Waals surface area contributed by atoms with Crippen LogP contribution in [0.25, 0.3) is 0 Å². The Kier molecular flexibility index (Phi) is 4.32. The van der Waals surface area contributed by atoms with E-state index >= 15 is 0 Å². The molecule has 0 aliphatic carbocycles. The van der Waals surface area contributed by atoms with E-state index in [-0.39, 0.29) is 16.6 Å². The summed E-state index contributed by atoms with van der Waals surface area (Å²) in [6.07, 6.45) is 0. The first kappa shape index (κ1) is 18.1. The monoisotopic (exact) mass is 368 g/mol. The quantitative estimate of drug-likeness (QED) is 0.832. The number of carboxylic acid groups (broad SMARTS) is 1. The number of anilines is 2. The smallest absolute Gasteiger partial charge is 0.337 e. The van der Waals surface area contributed by atoms with Crippen molar-refractivity contribution < 1.29 is 14.7 Å². The molecule has 26 heavy (non-hydrogen) atoms. The summed E-state index contributed by atoms with van der Waals surface area (Å²) in [5.74, 6) is -1.25. The van der Waals surface area contributed by atoms with Crippen molar-refractivity contribution >= 4 is 40.6 Å². The first-order valence-electron chi connectivity index (χ1n) is 8.24. The van der Waals surface area contributed by atoms with Crippen LogP contribution in [0.3, 0.4) is 0 Å². The highest BCUT2D eigenvalue weighted by molar-refractivity contribution is 7.81. The van der Waals surface area contributed by atoms with Crippen LogP contribution in [-0.2, 0) is 4.79 Å². The average Bonchev–Trinajstić information content (AvgIpc) is 2.75. The third-order valence-corrected chi connectivity index (χ3v) is 5.16. The van der Waals surface area contributed by atoms with Crippen LogP contribution in [0.1, 0.15) is 35.3 Å². The maximum Gasteiger partial charge on any atom is 0.337 e. The fourth-order valence-electron chi connectivity index (χ4n) is 3.14. The number of aromatic carboxylic acids is 1. The molecular formula is C20H20N2O3S. The van der Waals surface area contributed by atoms with Gasteiger partial charge in [-0.3, -0.25) is 9.69 Å². The van der Waals surface area contributed by atoms with Crippen LogP contribution in [0.4, 0.5) is 11.4 Å². The molecule has 1 aliphatic rings. The number of carboxylic acids is 1. The topological polar surface area (TPSA) is 60.9 Å². The molecule has 0 atom stereocenters. The minimum Gasteiger partial charge on any atom is -0.478 e. The molecule has 1 aliphatic heterocycles. The van der Waals surface area contributed by atoms with E-state index in [9.17, 15) is 14.7 Å². The number of hydrogen-bond acceptors (Lipinski definition) is 3. The molecule has 3 rings (SSSR count). The molecule has 0 spiro atoms. The normalized spacial score (nSPS) is 16.3. The zero-order valence-electron chi connectivity index (χ0n) is 15.1. The van der Waals surface area contributed by atoms with Gasteiger partial charge in [0, 0.05) is 0 Å². The van der Waals surface area contributed by atoms with Crippen molar-refractivity contribution in [1.82, 2.24) is 0 Å². The van der Waals surface area contributed by atoms with E-state index < -0.39 is 11.5 Å². The van der Waals surface area contributed by atoms with Crippen molar-refractivity contribution in [2.24, 2.45) is 0 Å². The second kappa shape index (κ2) is 6.21. The number of amides is 1. The highest BCUT2D eigenvalue weighted by Gasteiger charge is 2.51. The summed E-state index contributed by atoms with van der Waals surface area (Å²) in [6.45, 7) is 7.48. The summed E-state index contributed by atoms with van der Waals surface area (Å²) in [5, 5.41) is 9.80. The van der Waals surface area contributed by atoms with Crippen LogP contribution in [0, 0.1) is 13.8 Å². The molecule has 1 amide bonds. The molecule has 0 bridgehead atoms. The Hall–Kier alpha value is -2.73. The lowest BCUT2D eigenvalue weighted by Crippen LogP contribution is -2.45. The second-order valence-corrected chi connectivity index (χ2v) is 7.27. The van der Waals surface area contributed by atoms with E-state index in [1.807, 2.05) is 32.0 Å². The molecule has 0 radical (unpaired) electrons. The fourth-order valence-corrected chi connectivity index (χ4v) is 3.66. The first-order chi connectivity index (χ1) is 12.2. The molecule has 5 nitrogen and oxygen atoms in total. The minimum absolute atomic E-state index is 0.109. The van der Waals surface area contributed by atoms with Crippen molar-refractivity contribution in [2.45, 2.75) is 33.2 Å². The highest BCUT2D eigenvalue weighted by atomic mass is 32.1. The molecule has 1 saturated heterocycles. The maximum atomic E-state index is 13.1. The molecule has 2 aromatic rings. The number of carbonyl (C=O) groups is 2. The molecule has 0 saturated carbocycles. The van der Waals surface area contributed by atoms with Gasteiger partial charge in [-0.05, 0) is 75.3 Å². The van der Waals surface area contributed by atoms with Gasteiger partial charge in [-0.25, -0.2) is 4.79 Å². The predicted octanol–water partition coefficient (Wildman–Crippen LogP) is 3.92. The molecule has 6 heteroatoms. The summed E-state index contributed by atoms with van der Waals surface area (Å²) in [7, 11) is 0. The van der Waals surface area contributed by atoms with Gasteiger partial charge in [-0.15, -0.1) is 0 Å². The lowest BCUT2D eigenvalue weighted by atomic mass is 10.0. The van der Waals surface area contributed by atoms with Crippen LogP contribution < -0.4 is 9.80 Å². The van der Waals surface area contributed by atoms with Crippen molar-refractivity contribution in [3.05, 3.63) is 59.2 Å². The average molecular weight is 368 g/mol. The van der Waals surface area contributed by atoms with E-state index in [1.165, 1.54) is 11.0 Å². The Labute approximate surface area is 157 Å². The number of nitrogens with zero attached hydrogens (tertiary/aromatic N) is 2. The van der Waals surface area contributed by atoms with Gasteiger partial charge in [-0.2, -0.15) is 0 Å². The van der Waals surface area contributed by atoms with E-state index in [0.29, 0.717) is 11.4 Å². The third-order valence-electron chi connectivity index (χ3n) is 4.79. The molecule has 0 unspecified atom stereocenters. The number of benzene rings is 2. The first-order valence-corrected chi connectivity index (χ1v) is 8.65. The number of thiocarbonyl (C=S) groups is 1. The van der Waals surface area contributed by atoms with Crippen LogP contribution in [-0.4, -0.2) is 27.6 Å². The van der Waals surface area contributed by atoms with Gasteiger partial charge < -0.3 is 10.0 Å². The molecular weight excluding hydrogens is 348 g/mol. The maximum absolute atomic E-state index is 13.1. The molecule has 2 aromatic carbocycles. The lowest BCUT2D eigenvalue weighted by molar-refractivity contribution is -0.120. The summed E-state index contributed by atoms with van der Waals surface area (Å²) < 4.78 is 0. The minimum atomic E-state index is -1.06. The van der Waals surface area contributed by atoms with E-state index in [1.54, 1.807) is 36.9 Å². The van der Waals surface area contributed by atoms with Crippen LogP contribution in [0.5, 0.6) is 0 Å². The molecule has 0 aromatic heterocycles. The highest BCUT2D eigenvalue weighted by Crippen LogP contribution is 2.38. The lowest BCUT2D eigenvalue weighted by Gasteiger charge is -2.30. The van der Waals surface area contributed by atoms with Crippen molar-refractivity contribution in [1.29, 1.82) is 0 Å². The standard InChI is InChI=1S/C20H20N2O3S/c1-12-9-10-14(11-13(12)2)21-18(25)20(3,4)22(19(21)26)16-8-6-5-7-15(16)17(23)24/h5-11H,1-4H3,(H,23,24). The second-order valence-electron chi connectivity index (χ2n) is 6.91. The zero-order chi connectivity index (χ0) is 19.2. The molecule has 134 valence electrons. The summed E-state index contributed by atoms with van der Waals surface area (Å²) in [5.41, 5.74) is 2.39. The number of carbonyl (C=O) groups excluding carboxylic acids is 1. The SMILES string of the molecule is Cc1ccc(N2C(=O)C(C)(C)N(c3ccccc3C(=O)O)C2=S)cc1C. The van der Waals surface area contributed by atoms with Crippen LogP contribution >= 0.6 is 12.2 Å². The zero-order valence-corrected chi connectivity index (χ0v) is 15.9. The molecule has 1 heterocycles. The third kappa shape index (κ3) is 2.66. The van der Waals surface area contributed by atoms with Gasteiger partial charge in [0.1, 0.15) is 5.54 Å². The summed E-state index contributed by atoms with van der Waals surface area (Å²) in [6, 6.07) is 12.3. The fraction of sp³-hybridized carbons (Fsp3) is 0.250. The van der Waals surface area contributed by atoms with Gasteiger partial charge in [0.2, 0.25) is 0 Å². The van der Waals surface area contributed by atoms with E-state index in [0.717, 1.165) is 11.1 Å². The van der Waals surface area contributed by atoms with E-state index in [2.05, 4.69) is 0 Å². The summed E-state index contributed by atoms with van der Waals surface area (Å²) >= 11 is 5.61. The molecule has 1 fully saturated rings. The Bertz CT molecular complexity index is 936. The Balaban J connectivity index is 2.15. The Morgan fingerprint density at radius 3 is 2.35 bits per heavy atom. The number of hydrogen-bond donors (Lipinski definition) is 1. The Morgan fingerprint density at radius 2 is 1.73 bits per heavy atom. The predicted molar refractivity (Wildman–Crippen MR) is 106 cm³/mol. The van der Waals surface area contributed by atoms with Gasteiger partial charge in [0.15, 0.2) is 5.11 Å². The number of rotatable bonds is 3. The largest absolute Gasteiger partial charge is 0.478 e. The van der Waals surface area contributed by atoms with Gasteiger partial charge >= 0.3 is 5.97 Å². The van der Waals surface area contributed by atoms with Gasteiger partial charge in [-0.1, -0.05) is 18.2 Å². The van der Waals surface area contributed by atoms with Crippen molar-refractivity contribution in [3.63, 3.8) is 0 Å².